The molecule has 1 aliphatic rings. The highest BCUT2D eigenvalue weighted by Crippen LogP contribution is 2.32. The number of methoxy groups -OCH3 is 1. The molecule has 0 spiro atoms. The normalized spacial score (nSPS) is 14.5. The molecule has 0 amide bonds. The van der Waals surface area contributed by atoms with Gasteiger partial charge in [-0.15, -0.1) is 0 Å². The van der Waals surface area contributed by atoms with Crippen LogP contribution in [-0.2, 0) is 20.3 Å². The van der Waals surface area contributed by atoms with Gasteiger partial charge >= 0.3 is 0 Å². The zero-order valence-electron chi connectivity index (χ0n) is 17.3. The van der Waals surface area contributed by atoms with Gasteiger partial charge in [-0.25, -0.2) is 12.8 Å². The Morgan fingerprint density at radius 3 is 2.42 bits per heavy atom. The van der Waals surface area contributed by atoms with Gasteiger partial charge in [0, 0.05) is 18.8 Å². The lowest BCUT2D eigenvalue weighted by molar-refractivity contribution is 0.122. The Bertz CT molecular complexity index is 1160. The molecule has 162 valence electrons. The summed E-state index contributed by atoms with van der Waals surface area (Å²) in [6.07, 6.45) is 0. The van der Waals surface area contributed by atoms with E-state index in [2.05, 4.69) is 4.90 Å². The van der Waals surface area contributed by atoms with Crippen LogP contribution in [0.2, 0.25) is 0 Å². The second-order valence-corrected chi connectivity index (χ2v) is 9.42. The molecular weight excluding hydrogens is 417 g/mol. The summed E-state index contributed by atoms with van der Waals surface area (Å²) in [5, 5.41) is 0. The second kappa shape index (κ2) is 9.08. The lowest BCUT2D eigenvalue weighted by Gasteiger charge is -2.29. The maximum atomic E-state index is 13.3. The number of sulfone groups is 1. The zero-order valence-corrected chi connectivity index (χ0v) is 18.1. The number of ether oxygens (including phenoxy) is 2. The zero-order chi connectivity index (χ0) is 21.8. The molecule has 0 radical (unpaired) electrons. The third-order valence-corrected chi connectivity index (χ3v) is 6.97. The maximum absolute atomic E-state index is 13.3. The number of nitrogens with zero attached hydrogens (tertiary/aromatic N) is 1. The van der Waals surface area contributed by atoms with Crippen molar-refractivity contribution in [3.8, 4) is 16.9 Å². The summed E-state index contributed by atoms with van der Waals surface area (Å²) in [6.45, 7) is 2.58. The molecular formula is C24H24FNO4S. The van der Waals surface area contributed by atoms with Gasteiger partial charge in [-0.1, -0.05) is 24.3 Å². The fourth-order valence-electron chi connectivity index (χ4n) is 3.62. The highest BCUT2D eigenvalue weighted by Gasteiger charge is 2.21. The summed E-state index contributed by atoms with van der Waals surface area (Å²) in [6, 6.07) is 18.5. The largest absolute Gasteiger partial charge is 0.497 e. The SMILES string of the molecule is COc1cccc(-c2cc(N3CCOCC3)cc(S(=O)(=O)Cc3ccc(F)cc3)c2)c1. The number of morpholine rings is 1. The van der Waals surface area contributed by atoms with Gasteiger partial charge in [-0.2, -0.15) is 0 Å². The van der Waals surface area contributed by atoms with Gasteiger partial charge < -0.3 is 14.4 Å². The van der Waals surface area contributed by atoms with E-state index in [1.807, 2.05) is 30.3 Å². The van der Waals surface area contributed by atoms with E-state index in [1.54, 1.807) is 19.2 Å². The second-order valence-electron chi connectivity index (χ2n) is 7.43. The van der Waals surface area contributed by atoms with Crippen molar-refractivity contribution < 1.29 is 22.3 Å². The Morgan fingerprint density at radius 2 is 1.71 bits per heavy atom. The molecule has 0 aliphatic carbocycles. The summed E-state index contributed by atoms with van der Waals surface area (Å²) in [7, 11) is -2.05. The molecule has 0 N–H and O–H groups in total. The fourth-order valence-corrected chi connectivity index (χ4v) is 5.02. The first-order chi connectivity index (χ1) is 14.9. The van der Waals surface area contributed by atoms with Crippen LogP contribution in [0.15, 0.2) is 71.6 Å². The van der Waals surface area contributed by atoms with Crippen LogP contribution in [0.25, 0.3) is 11.1 Å². The van der Waals surface area contributed by atoms with Crippen molar-refractivity contribution in [1.82, 2.24) is 0 Å². The van der Waals surface area contributed by atoms with Crippen molar-refractivity contribution >= 4 is 15.5 Å². The predicted octanol–water partition coefficient (Wildman–Crippen LogP) is 4.31. The first kappa shape index (κ1) is 21.3. The number of hydrogen-bond acceptors (Lipinski definition) is 5. The first-order valence-corrected chi connectivity index (χ1v) is 11.7. The number of benzene rings is 3. The molecule has 0 saturated carbocycles. The molecule has 4 rings (SSSR count). The van der Waals surface area contributed by atoms with Crippen LogP contribution in [0, 0.1) is 5.82 Å². The summed E-state index contributed by atoms with van der Waals surface area (Å²) in [5.41, 5.74) is 3.04. The Kier molecular flexibility index (Phi) is 6.25. The molecule has 31 heavy (non-hydrogen) atoms. The molecule has 0 bridgehead atoms. The third-order valence-electron chi connectivity index (χ3n) is 5.30. The van der Waals surface area contributed by atoms with Crippen molar-refractivity contribution in [3.63, 3.8) is 0 Å². The number of hydrogen-bond donors (Lipinski definition) is 0. The van der Waals surface area contributed by atoms with E-state index in [9.17, 15) is 12.8 Å². The van der Waals surface area contributed by atoms with Crippen molar-refractivity contribution in [3.05, 3.63) is 78.1 Å². The smallest absolute Gasteiger partial charge is 0.182 e. The van der Waals surface area contributed by atoms with Crippen LogP contribution in [0.1, 0.15) is 5.56 Å². The molecule has 1 saturated heterocycles. The molecule has 0 aromatic heterocycles. The molecule has 0 atom stereocenters. The van der Waals surface area contributed by atoms with Crippen molar-refractivity contribution in [2.75, 3.05) is 38.3 Å². The average Bonchev–Trinajstić information content (AvgIpc) is 2.81. The Morgan fingerprint density at radius 1 is 0.968 bits per heavy atom. The Labute approximate surface area is 182 Å². The minimum absolute atomic E-state index is 0.197. The lowest BCUT2D eigenvalue weighted by atomic mass is 10.0. The highest BCUT2D eigenvalue weighted by atomic mass is 32.2. The van der Waals surface area contributed by atoms with Gasteiger partial charge in [0.2, 0.25) is 0 Å². The first-order valence-electron chi connectivity index (χ1n) is 10.0. The summed E-state index contributed by atoms with van der Waals surface area (Å²) in [5.74, 6) is 0.109. The summed E-state index contributed by atoms with van der Waals surface area (Å²) >= 11 is 0. The van der Waals surface area contributed by atoms with E-state index in [1.165, 1.54) is 24.3 Å². The van der Waals surface area contributed by atoms with Crippen LogP contribution in [0.3, 0.4) is 0 Å². The van der Waals surface area contributed by atoms with Gasteiger partial charge in [0.05, 0.1) is 31.0 Å². The molecule has 7 heteroatoms. The number of rotatable bonds is 6. The number of anilines is 1. The topological polar surface area (TPSA) is 55.8 Å². The molecule has 5 nitrogen and oxygen atoms in total. The van der Waals surface area contributed by atoms with Crippen molar-refractivity contribution in [2.45, 2.75) is 10.6 Å². The van der Waals surface area contributed by atoms with Crippen molar-refractivity contribution in [2.24, 2.45) is 0 Å². The molecule has 1 aliphatic heterocycles. The molecule has 1 heterocycles. The van der Waals surface area contributed by atoms with Crippen LogP contribution in [-0.4, -0.2) is 41.8 Å². The highest BCUT2D eigenvalue weighted by molar-refractivity contribution is 7.90. The van der Waals surface area contributed by atoms with Gasteiger partial charge in [0.25, 0.3) is 0 Å². The average molecular weight is 442 g/mol. The van der Waals surface area contributed by atoms with E-state index >= 15 is 0 Å². The van der Waals surface area contributed by atoms with Crippen LogP contribution < -0.4 is 9.64 Å². The summed E-state index contributed by atoms with van der Waals surface area (Å²) in [4.78, 5) is 2.36. The maximum Gasteiger partial charge on any atom is 0.182 e. The third kappa shape index (κ3) is 5.06. The van der Waals surface area contributed by atoms with Gasteiger partial charge in [-0.3, -0.25) is 0 Å². The summed E-state index contributed by atoms with van der Waals surface area (Å²) < 4.78 is 50.5. The van der Waals surface area contributed by atoms with E-state index in [0.29, 0.717) is 37.6 Å². The monoisotopic (exact) mass is 441 g/mol. The lowest BCUT2D eigenvalue weighted by Crippen LogP contribution is -2.36. The predicted molar refractivity (Wildman–Crippen MR) is 119 cm³/mol. The Balaban J connectivity index is 1.77. The quantitative estimate of drug-likeness (QED) is 0.571. The molecule has 1 fully saturated rings. The van der Waals surface area contributed by atoms with Crippen LogP contribution in [0.4, 0.5) is 10.1 Å². The van der Waals surface area contributed by atoms with E-state index < -0.39 is 15.7 Å². The van der Waals surface area contributed by atoms with E-state index in [0.717, 1.165) is 16.8 Å². The van der Waals surface area contributed by atoms with E-state index in [4.69, 9.17) is 9.47 Å². The molecule has 0 unspecified atom stereocenters. The minimum Gasteiger partial charge on any atom is -0.497 e. The van der Waals surface area contributed by atoms with Gasteiger partial charge in [0.1, 0.15) is 11.6 Å². The van der Waals surface area contributed by atoms with Gasteiger partial charge in [0.15, 0.2) is 9.84 Å². The van der Waals surface area contributed by atoms with Crippen LogP contribution in [0.5, 0.6) is 5.75 Å². The van der Waals surface area contributed by atoms with E-state index in [-0.39, 0.29) is 10.6 Å². The van der Waals surface area contributed by atoms with Crippen molar-refractivity contribution in [1.29, 1.82) is 0 Å². The van der Waals surface area contributed by atoms with Crippen LogP contribution >= 0.6 is 0 Å². The Hall–Kier alpha value is -2.90. The molecule has 3 aromatic carbocycles. The minimum atomic E-state index is -3.65. The standard InChI is InChI=1S/C24H24FNO4S/c1-29-23-4-2-3-19(14-23)20-13-22(26-9-11-30-12-10-26)16-24(15-20)31(27,28)17-18-5-7-21(25)8-6-18/h2-8,13-16H,9-12,17H2,1H3. The molecule has 3 aromatic rings. The fraction of sp³-hybridized carbons (Fsp3) is 0.250. The van der Waals surface area contributed by atoms with Gasteiger partial charge in [-0.05, 0) is 59.2 Å². The number of halogens is 1.